The molecule has 1 atom stereocenters. The maximum absolute atomic E-state index is 11.9. The summed E-state index contributed by atoms with van der Waals surface area (Å²) in [7, 11) is 0.282. The Bertz CT molecular complexity index is 730. The largest absolute Gasteiger partial charge is 0.504 e. The molecule has 0 amide bonds. The number of phenolic OH excluding ortho intramolecular Hbond substituents is 1. The zero-order valence-electron chi connectivity index (χ0n) is 10.4. The molecule has 2 rings (SSSR count). The van der Waals surface area contributed by atoms with Gasteiger partial charge in [0.2, 0.25) is 0 Å². The third-order valence-corrected chi connectivity index (χ3v) is 2.99. The van der Waals surface area contributed by atoms with Crippen LogP contribution in [0.1, 0.15) is 5.76 Å². The highest BCUT2D eigenvalue weighted by molar-refractivity contribution is 7.87. The van der Waals surface area contributed by atoms with E-state index >= 15 is 0 Å². The molecule has 0 aliphatic carbocycles. The standard InChI is InChI=1S/C13H12O5S/c1-17-13-7-12-9(6-11(13)15)10(14)5-8(18-12)3-4-19(2)16/h3-7,15H,1-2H3/b4-3+. The molecule has 1 aromatic carbocycles. The molecule has 1 aromatic heterocycles. The van der Waals surface area contributed by atoms with Crippen molar-refractivity contribution in [1.82, 2.24) is 0 Å². The van der Waals surface area contributed by atoms with Crippen LogP contribution in [0.15, 0.2) is 32.8 Å². The molecule has 0 saturated carbocycles. The van der Waals surface area contributed by atoms with Crippen LogP contribution in [0.25, 0.3) is 17.0 Å². The van der Waals surface area contributed by atoms with Crippen molar-refractivity contribution in [1.29, 1.82) is 0 Å². The Morgan fingerprint density at radius 3 is 2.74 bits per heavy atom. The molecule has 5 nitrogen and oxygen atoms in total. The van der Waals surface area contributed by atoms with E-state index in [9.17, 15) is 14.1 Å². The highest BCUT2D eigenvalue weighted by Crippen LogP contribution is 2.30. The molecule has 0 radical (unpaired) electrons. The fourth-order valence-electron chi connectivity index (χ4n) is 1.60. The molecule has 0 fully saturated rings. The molecular formula is C13H12O5S. The van der Waals surface area contributed by atoms with Crippen LogP contribution in [-0.2, 0) is 10.8 Å². The van der Waals surface area contributed by atoms with Gasteiger partial charge in [-0.25, -0.2) is 0 Å². The van der Waals surface area contributed by atoms with Gasteiger partial charge in [0.25, 0.3) is 0 Å². The molecule has 1 N–H and O–H groups in total. The zero-order chi connectivity index (χ0) is 14.0. The van der Waals surface area contributed by atoms with Crippen molar-refractivity contribution in [3.05, 3.63) is 39.6 Å². The van der Waals surface area contributed by atoms with Crippen LogP contribution in [0.3, 0.4) is 0 Å². The summed E-state index contributed by atoms with van der Waals surface area (Å²) in [5, 5.41) is 11.3. The van der Waals surface area contributed by atoms with Gasteiger partial charge in [-0.2, -0.15) is 0 Å². The molecule has 0 saturated heterocycles. The smallest absolute Gasteiger partial charge is 0.193 e. The third kappa shape index (κ3) is 2.85. The average Bonchev–Trinajstić information content (AvgIpc) is 2.36. The van der Waals surface area contributed by atoms with Gasteiger partial charge in [0.1, 0.15) is 11.3 Å². The summed E-state index contributed by atoms with van der Waals surface area (Å²) in [6.45, 7) is 0. The number of benzene rings is 1. The van der Waals surface area contributed by atoms with Crippen LogP contribution in [0.5, 0.6) is 11.5 Å². The molecule has 100 valence electrons. The lowest BCUT2D eigenvalue weighted by Gasteiger charge is -2.05. The van der Waals surface area contributed by atoms with E-state index in [1.54, 1.807) is 0 Å². The lowest BCUT2D eigenvalue weighted by Crippen LogP contribution is -2.00. The Morgan fingerprint density at radius 2 is 2.11 bits per heavy atom. The normalized spacial score (nSPS) is 12.9. The van der Waals surface area contributed by atoms with E-state index in [4.69, 9.17) is 9.15 Å². The van der Waals surface area contributed by atoms with Crippen molar-refractivity contribution >= 4 is 27.8 Å². The van der Waals surface area contributed by atoms with Gasteiger partial charge in [0.15, 0.2) is 16.9 Å². The topological polar surface area (TPSA) is 76.7 Å². The molecule has 0 spiro atoms. The second-order valence-electron chi connectivity index (χ2n) is 3.83. The van der Waals surface area contributed by atoms with Gasteiger partial charge in [-0.1, -0.05) is 0 Å². The van der Waals surface area contributed by atoms with E-state index in [-0.39, 0.29) is 22.3 Å². The average molecular weight is 280 g/mol. The minimum absolute atomic E-state index is 0.125. The van der Waals surface area contributed by atoms with Gasteiger partial charge in [0.05, 0.1) is 12.5 Å². The summed E-state index contributed by atoms with van der Waals surface area (Å²) < 4.78 is 21.4. The van der Waals surface area contributed by atoms with E-state index in [2.05, 4.69) is 0 Å². The highest BCUT2D eigenvalue weighted by atomic mass is 32.2. The molecule has 6 heteroatoms. The van der Waals surface area contributed by atoms with Gasteiger partial charge in [-0.05, 0) is 12.1 Å². The first kappa shape index (κ1) is 13.4. The maximum Gasteiger partial charge on any atom is 0.193 e. The van der Waals surface area contributed by atoms with Crippen molar-refractivity contribution in [2.45, 2.75) is 0 Å². The Hall–Kier alpha value is -2.08. The SMILES string of the molecule is COc1cc2oc(/C=C/S(C)=O)cc(=O)c2cc1O. The number of aromatic hydroxyl groups is 1. The number of hydrogen-bond donors (Lipinski definition) is 1. The Kier molecular flexibility index (Phi) is 3.71. The van der Waals surface area contributed by atoms with Crippen molar-refractivity contribution in [2.75, 3.05) is 13.4 Å². The molecule has 0 aliphatic rings. The molecule has 19 heavy (non-hydrogen) atoms. The first-order valence-electron chi connectivity index (χ1n) is 5.36. The van der Waals surface area contributed by atoms with Crippen molar-refractivity contribution < 1.29 is 18.5 Å². The molecule has 1 heterocycles. The quantitative estimate of drug-likeness (QED) is 0.928. The molecular weight excluding hydrogens is 268 g/mol. The van der Waals surface area contributed by atoms with Crippen LogP contribution in [0, 0.1) is 0 Å². The summed E-state index contributed by atoms with van der Waals surface area (Å²) in [4.78, 5) is 11.9. The maximum atomic E-state index is 11.9. The lowest BCUT2D eigenvalue weighted by atomic mass is 10.2. The van der Waals surface area contributed by atoms with Crippen LogP contribution < -0.4 is 10.2 Å². The number of phenols is 1. The molecule has 0 bridgehead atoms. The minimum atomic E-state index is -1.12. The number of fused-ring (bicyclic) bond motifs is 1. The van der Waals surface area contributed by atoms with Crippen molar-refractivity contribution in [3.8, 4) is 11.5 Å². The van der Waals surface area contributed by atoms with E-state index in [0.717, 1.165) is 0 Å². The fraction of sp³-hybridized carbons (Fsp3) is 0.154. The van der Waals surface area contributed by atoms with Crippen LogP contribution in [0.4, 0.5) is 0 Å². The van der Waals surface area contributed by atoms with Gasteiger partial charge in [-0.15, -0.1) is 0 Å². The van der Waals surface area contributed by atoms with Crippen LogP contribution in [-0.4, -0.2) is 22.7 Å². The number of hydrogen-bond acceptors (Lipinski definition) is 5. The number of ether oxygens (including phenoxy) is 1. The summed E-state index contributed by atoms with van der Waals surface area (Å²) in [5.41, 5.74) is 0.00410. The predicted octanol–water partition coefficient (Wildman–Crippen LogP) is 1.86. The summed E-state index contributed by atoms with van der Waals surface area (Å²) in [6.07, 6.45) is 2.98. The first-order chi connectivity index (χ1) is 9.01. The highest BCUT2D eigenvalue weighted by Gasteiger charge is 2.09. The van der Waals surface area contributed by atoms with Gasteiger partial charge < -0.3 is 14.3 Å². The van der Waals surface area contributed by atoms with E-state index in [1.807, 2.05) is 0 Å². The first-order valence-corrected chi connectivity index (χ1v) is 6.98. The van der Waals surface area contributed by atoms with Crippen molar-refractivity contribution in [3.63, 3.8) is 0 Å². The van der Waals surface area contributed by atoms with E-state index in [0.29, 0.717) is 11.3 Å². The van der Waals surface area contributed by atoms with Gasteiger partial charge in [0, 0.05) is 34.6 Å². The van der Waals surface area contributed by atoms with Crippen LogP contribution in [0.2, 0.25) is 0 Å². The van der Waals surface area contributed by atoms with Crippen molar-refractivity contribution in [2.24, 2.45) is 0 Å². The zero-order valence-corrected chi connectivity index (χ0v) is 11.2. The second-order valence-corrected chi connectivity index (χ2v) is 5.10. The lowest BCUT2D eigenvalue weighted by molar-refractivity contribution is 0.373. The summed E-state index contributed by atoms with van der Waals surface area (Å²) in [6, 6.07) is 4.01. The minimum Gasteiger partial charge on any atom is -0.504 e. The molecule has 2 aromatic rings. The molecule has 0 aliphatic heterocycles. The Morgan fingerprint density at radius 1 is 1.37 bits per heavy atom. The van der Waals surface area contributed by atoms with E-state index < -0.39 is 10.8 Å². The number of methoxy groups -OCH3 is 1. The monoisotopic (exact) mass is 280 g/mol. The summed E-state index contributed by atoms with van der Waals surface area (Å²) in [5.74, 6) is 0.386. The van der Waals surface area contributed by atoms with Gasteiger partial charge in [-0.3, -0.25) is 9.00 Å². The van der Waals surface area contributed by atoms with Gasteiger partial charge >= 0.3 is 0 Å². The van der Waals surface area contributed by atoms with Crippen LogP contribution >= 0.6 is 0 Å². The second kappa shape index (κ2) is 5.27. The summed E-state index contributed by atoms with van der Waals surface area (Å²) >= 11 is 0. The predicted molar refractivity (Wildman–Crippen MR) is 73.8 cm³/mol. The Balaban J connectivity index is 2.65. The number of rotatable bonds is 3. The fourth-order valence-corrected chi connectivity index (χ4v) is 1.92. The molecule has 1 unspecified atom stereocenters. The third-order valence-electron chi connectivity index (χ3n) is 2.47. The Labute approximate surface area is 111 Å². The van der Waals surface area contributed by atoms with E-state index in [1.165, 1.54) is 43.0 Å².